The highest BCUT2D eigenvalue weighted by molar-refractivity contribution is 5.44. The van der Waals surface area contributed by atoms with Crippen molar-refractivity contribution >= 4 is 6.08 Å². The second kappa shape index (κ2) is 4.51. The van der Waals surface area contributed by atoms with E-state index in [0.29, 0.717) is 5.57 Å². The van der Waals surface area contributed by atoms with Gasteiger partial charge < -0.3 is 9.52 Å². The zero-order chi connectivity index (χ0) is 9.68. The molecule has 0 aliphatic carbocycles. The van der Waals surface area contributed by atoms with Gasteiger partial charge in [-0.2, -0.15) is 0 Å². The molecular formula is C11H12O2. The molecule has 0 spiro atoms. The average molecular weight is 176 g/mol. The highest BCUT2D eigenvalue weighted by Gasteiger charge is 1.99. The van der Waals surface area contributed by atoms with Gasteiger partial charge in [-0.3, -0.25) is 0 Å². The van der Waals surface area contributed by atoms with Gasteiger partial charge in [-0.1, -0.05) is 6.58 Å². The highest BCUT2D eigenvalue weighted by Crippen LogP contribution is 2.06. The molecule has 1 atom stereocenters. The first kappa shape index (κ1) is 9.59. The van der Waals surface area contributed by atoms with Crippen molar-refractivity contribution in [2.75, 3.05) is 0 Å². The fourth-order valence-electron chi connectivity index (χ4n) is 0.821. The van der Waals surface area contributed by atoms with Gasteiger partial charge in [-0.25, -0.2) is 0 Å². The molecule has 0 saturated carbocycles. The zero-order valence-electron chi connectivity index (χ0n) is 7.53. The maximum Gasteiger partial charge on any atom is 0.126 e. The summed E-state index contributed by atoms with van der Waals surface area (Å²) in [5, 5.41) is 9.45. The van der Waals surface area contributed by atoms with Gasteiger partial charge in [-0.05, 0) is 31.2 Å². The van der Waals surface area contributed by atoms with Gasteiger partial charge in [0.15, 0.2) is 0 Å². The van der Waals surface area contributed by atoms with Crippen LogP contribution in [0.2, 0.25) is 0 Å². The molecule has 0 fully saturated rings. The van der Waals surface area contributed by atoms with E-state index in [1.54, 1.807) is 31.4 Å². The average Bonchev–Trinajstić information content (AvgIpc) is 2.65. The first-order valence-electron chi connectivity index (χ1n) is 4.00. The first-order chi connectivity index (χ1) is 6.24. The van der Waals surface area contributed by atoms with Crippen LogP contribution in [0.4, 0.5) is 0 Å². The summed E-state index contributed by atoms with van der Waals surface area (Å²) in [4.78, 5) is 0. The Balaban J connectivity index is 2.64. The summed E-state index contributed by atoms with van der Waals surface area (Å²) in [7, 11) is 0. The summed E-state index contributed by atoms with van der Waals surface area (Å²) in [6.07, 6.45) is 4.29. The van der Waals surface area contributed by atoms with Crippen LogP contribution in [0.25, 0.3) is 6.08 Å². The van der Waals surface area contributed by atoms with E-state index in [1.807, 2.05) is 6.07 Å². The molecule has 0 bridgehead atoms. The maximum atomic E-state index is 9.45. The minimum absolute atomic E-state index is 0.636. The minimum atomic E-state index is -0.636. The van der Waals surface area contributed by atoms with Crippen molar-refractivity contribution in [3.8, 4) is 0 Å². The van der Waals surface area contributed by atoms with Crippen molar-refractivity contribution in [1.82, 2.24) is 0 Å². The third kappa shape index (κ3) is 2.79. The highest BCUT2D eigenvalue weighted by atomic mass is 16.3. The van der Waals surface area contributed by atoms with Crippen molar-refractivity contribution in [2.24, 2.45) is 0 Å². The van der Waals surface area contributed by atoms with Crippen molar-refractivity contribution in [3.63, 3.8) is 0 Å². The Morgan fingerprint density at radius 1 is 1.77 bits per heavy atom. The standard InChI is InChI=1S/C11H12O2/c1-3-9(2)11(12)7-6-10-5-4-8-13-10/h4-8,11-12H,1H2,2H3/b7-6+. The van der Waals surface area contributed by atoms with Crippen LogP contribution in [-0.2, 0) is 0 Å². The second-order valence-corrected chi connectivity index (χ2v) is 2.68. The molecule has 0 radical (unpaired) electrons. The van der Waals surface area contributed by atoms with Gasteiger partial charge in [0.1, 0.15) is 11.9 Å². The zero-order valence-corrected chi connectivity index (χ0v) is 7.53. The first-order valence-corrected chi connectivity index (χ1v) is 4.00. The molecule has 2 nitrogen and oxygen atoms in total. The quantitative estimate of drug-likeness (QED) is 0.717. The van der Waals surface area contributed by atoms with E-state index < -0.39 is 6.10 Å². The van der Waals surface area contributed by atoms with Crippen LogP contribution in [0.15, 0.2) is 46.8 Å². The van der Waals surface area contributed by atoms with E-state index in [-0.39, 0.29) is 0 Å². The summed E-state index contributed by atoms with van der Waals surface area (Å²) in [5.41, 5.74) is 3.33. The van der Waals surface area contributed by atoms with Gasteiger partial charge in [0.2, 0.25) is 0 Å². The van der Waals surface area contributed by atoms with E-state index >= 15 is 0 Å². The topological polar surface area (TPSA) is 33.4 Å². The monoisotopic (exact) mass is 176 g/mol. The molecule has 1 N–H and O–H groups in total. The molecule has 0 amide bonds. The number of rotatable bonds is 3. The van der Waals surface area contributed by atoms with Crippen LogP contribution in [0.5, 0.6) is 0 Å². The number of aliphatic hydroxyl groups is 1. The Labute approximate surface area is 77.5 Å². The summed E-state index contributed by atoms with van der Waals surface area (Å²) in [5.74, 6) is 0.718. The molecule has 13 heavy (non-hydrogen) atoms. The fraction of sp³-hybridized carbons (Fsp3) is 0.182. The normalized spacial score (nSPS) is 12.8. The van der Waals surface area contributed by atoms with Crippen LogP contribution >= 0.6 is 0 Å². The van der Waals surface area contributed by atoms with Crippen molar-refractivity contribution in [2.45, 2.75) is 13.0 Å². The third-order valence-corrected chi connectivity index (χ3v) is 1.71. The molecule has 1 aromatic heterocycles. The Morgan fingerprint density at radius 2 is 2.54 bits per heavy atom. The van der Waals surface area contributed by atoms with E-state index in [0.717, 1.165) is 5.76 Å². The summed E-state index contributed by atoms with van der Waals surface area (Å²) >= 11 is 0. The van der Waals surface area contributed by atoms with Crippen LogP contribution in [-0.4, -0.2) is 11.2 Å². The molecule has 1 aromatic rings. The lowest BCUT2D eigenvalue weighted by Crippen LogP contribution is -2.01. The number of hydrogen-bond acceptors (Lipinski definition) is 2. The second-order valence-electron chi connectivity index (χ2n) is 2.68. The molecule has 0 saturated heterocycles. The summed E-state index contributed by atoms with van der Waals surface area (Å²) in [6.45, 7) is 5.22. The minimum Gasteiger partial charge on any atom is -0.465 e. The van der Waals surface area contributed by atoms with E-state index in [2.05, 4.69) is 12.3 Å². The van der Waals surface area contributed by atoms with Crippen LogP contribution in [0, 0.1) is 0 Å². The summed E-state index contributed by atoms with van der Waals surface area (Å²) < 4.78 is 5.05. The molecule has 1 rings (SSSR count). The Kier molecular flexibility index (Phi) is 3.32. The molecular weight excluding hydrogens is 164 g/mol. The lowest BCUT2D eigenvalue weighted by molar-refractivity contribution is 0.260. The molecule has 68 valence electrons. The predicted molar refractivity (Wildman–Crippen MR) is 52.1 cm³/mol. The number of aliphatic hydroxyl groups excluding tert-OH is 1. The van der Waals surface area contributed by atoms with Gasteiger partial charge >= 0.3 is 0 Å². The molecule has 0 aliphatic heterocycles. The van der Waals surface area contributed by atoms with Gasteiger partial charge in [-0.15, -0.1) is 5.73 Å². The Morgan fingerprint density at radius 3 is 3.08 bits per heavy atom. The molecule has 2 heteroatoms. The van der Waals surface area contributed by atoms with E-state index in [1.165, 1.54) is 0 Å². The smallest absolute Gasteiger partial charge is 0.126 e. The van der Waals surface area contributed by atoms with Crippen molar-refractivity contribution in [1.29, 1.82) is 0 Å². The fourth-order valence-corrected chi connectivity index (χ4v) is 0.821. The molecule has 0 aliphatic rings. The van der Waals surface area contributed by atoms with E-state index in [4.69, 9.17) is 4.42 Å². The Bertz CT molecular complexity index is 327. The largest absolute Gasteiger partial charge is 0.465 e. The van der Waals surface area contributed by atoms with Crippen molar-refractivity contribution in [3.05, 3.63) is 48.1 Å². The van der Waals surface area contributed by atoms with Crippen molar-refractivity contribution < 1.29 is 9.52 Å². The van der Waals surface area contributed by atoms with Crippen LogP contribution in [0.3, 0.4) is 0 Å². The summed E-state index contributed by atoms with van der Waals surface area (Å²) in [6, 6.07) is 3.61. The molecule has 0 aromatic carbocycles. The maximum absolute atomic E-state index is 9.45. The van der Waals surface area contributed by atoms with Crippen LogP contribution in [0.1, 0.15) is 12.7 Å². The SMILES string of the molecule is C=C=C(C)C(O)/C=C/c1ccco1. The lowest BCUT2D eigenvalue weighted by atomic mass is 10.1. The lowest BCUT2D eigenvalue weighted by Gasteiger charge is -2.01. The Hall–Kier alpha value is -1.50. The van der Waals surface area contributed by atoms with Crippen LogP contribution < -0.4 is 0 Å². The number of furan rings is 1. The van der Waals surface area contributed by atoms with E-state index in [9.17, 15) is 5.11 Å². The predicted octanol–water partition coefficient (Wildman–Crippen LogP) is 2.38. The van der Waals surface area contributed by atoms with Gasteiger partial charge in [0.25, 0.3) is 0 Å². The van der Waals surface area contributed by atoms with Gasteiger partial charge in [0.05, 0.1) is 6.26 Å². The third-order valence-electron chi connectivity index (χ3n) is 1.71. The molecule has 1 unspecified atom stereocenters. The number of hydrogen-bond donors (Lipinski definition) is 1. The molecule has 1 heterocycles. The van der Waals surface area contributed by atoms with Gasteiger partial charge in [0, 0.05) is 5.57 Å².